The van der Waals surface area contributed by atoms with Gasteiger partial charge in [0.05, 0.1) is 10.5 Å². The van der Waals surface area contributed by atoms with Crippen LogP contribution in [0.5, 0.6) is 0 Å². The average molecular weight is 253 g/mol. The molecule has 1 aliphatic heterocycles. The SMILES string of the molecule is O=S(=O)(c1ccccc1)N1CC(O)(C2CC2)C1. The van der Waals surface area contributed by atoms with Crippen molar-refractivity contribution in [3.63, 3.8) is 0 Å². The van der Waals surface area contributed by atoms with Crippen molar-refractivity contribution in [2.24, 2.45) is 5.92 Å². The Bertz CT molecular complexity index is 516. The molecule has 1 aromatic carbocycles. The normalized spacial score (nSPS) is 24.3. The number of hydrogen-bond acceptors (Lipinski definition) is 3. The first-order valence-corrected chi connectivity index (χ1v) is 7.24. The molecule has 1 aliphatic carbocycles. The standard InChI is InChI=1S/C12H15NO3S/c14-12(10-6-7-10)8-13(9-12)17(15,16)11-4-2-1-3-5-11/h1-5,10,14H,6-9H2. The molecule has 0 atom stereocenters. The number of aliphatic hydroxyl groups is 1. The quantitative estimate of drug-likeness (QED) is 0.868. The van der Waals surface area contributed by atoms with Crippen LogP contribution in [0, 0.1) is 5.92 Å². The minimum Gasteiger partial charge on any atom is -0.387 e. The van der Waals surface area contributed by atoms with Crippen LogP contribution in [0.25, 0.3) is 0 Å². The highest BCUT2D eigenvalue weighted by Crippen LogP contribution is 2.45. The lowest BCUT2D eigenvalue weighted by Gasteiger charge is -2.45. The van der Waals surface area contributed by atoms with Gasteiger partial charge in [-0.3, -0.25) is 0 Å². The fraction of sp³-hybridized carbons (Fsp3) is 0.500. The molecule has 4 nitrogen and oxygen atoms in total. The Morgan fingerprint density at radius 3 is 2.29 bits per heavy atom. The Hall–Kier alpha value is -0.910. The van der Waals surface area contributed by atoms with Crippen LogP contribution in [0.1, 0.15) is 12.8 Å². The molecule has 0 aromatic heterocycles. The number of nitrogens with zero attached hydrogens (tertiary/aromatic N) is 1. The summed E-state index contributed by atoms with van der Waals surface area (Å²) in [5.41, 5.74) is -0.762. The Balaban J connectivity index is 1.78. The molecule has 92 valence electrons. The number of sulfonamides is 1. The Labute approximate surface area is 101 Å². The van der Waals surface area contributed by atoms with Crippen LogP contribution in [0.2, 0.25) is 0 Å². The molecule has 1 saturated carbocycles. The maximum Gasteiger partial charge on any atom is 0.243 e. The van der Waals surface area contributed by atoms with E-state index < -0.39 is 15.6 Å². The van der Waals surface area contributed by atoms with Crippen molar-refractivity contribution in [2.75, 3.05) is 13.1 Å². The summed E-state index contributed by atoms with van der Waals surface area (Å²) in [6.07, 6.45) is 2.05. The van der Waals surface area contributed by atoms with Gasteiger partial charge in [-0.05, 0) is 30.9 Å². The molecular weight excluding hydrogens is 238 g/mol. The van der Waals surface area contributed by atoms with Gasteiger partial charge in [-0.1, -0.05) is 18.2 Å². The molecule has 0 bridgehead atoms. The average Bonchev–Trinajstić information content (AvgIpc) is 3.10. The summed E-state index contributed by atoms with van der Waals surface area (Å²) < 4.78 is 25.7. The van der Waals surface area contributed by atoms with Crippen LogP contribution in [0.4, 0.5) is 0 Å². The van der Waals surface area contributed by atoms with Crippen LogP contribution >= 0.6 is 0 Å². The third-order valence-corrected chi connectivity index (χ3v) is 5.42. The second-order valence-electron chi connectivity index (χ2n) is 4.96. The summed E-state index contributed by atoms with van der Waals surface area (Å²) in [6, 6.07) is 8.38. The molecule has 0 spiro atoms. The van der Waals surface area contributed by atoms with Gasteiger partial charge in [0.2, 0.25) is 10.0 Å². The lowest BCUT2D eigenvalue weighted by atomic mass is 9.91. The van der Waals surface area contributed by atoms with Crippen molar-refractivity contribution in [1.82, 2.24) is 4.31 Å². The zero-order valence-electron chi connectivity index (χ0n) is 9.41. The Morgan fingerprint density at radius 2 is 1.76 bits per heavy atom. The van der Waals surface area contributed by atoms with Crippen molar-refractivity contribution >= 4 is 10.0 Å². The first-order chi connectivity index (χ1) is 8.02. The molecule has 5 heteroatoms. The second-order valence-corrected chi connectivity index (χ2v) is 6.90. The van der Waals surface area contributed by atoms with E-state index in [-0.39, 0.29) is 13.1 Å². The molecular formula is C12H15NO3S. The van der Waals surface area contributed by atoms with E-state index in [1.54, 1.807) is 30.3 Å². The highest BCUT2D eigenvalue weighted by atomic mass is 32.2. The van der Waals surface area contributed by atoms with E-state index in [4.69, 9.17) is 0 Å². The van der Waals surface area contributed by atoms with Crippen LogP contribution in [0.15, 0.2) is 35.2 Å². The minimum absolute atomic E-state index is 0.245. The number of benzene rings is 1. The molecule has 17 heavy (non-hydrogen) atoms. The van der Waals surface area contributed by atoms with E-state index in [9.17, 15) is 13.5 Å². The largest absolute Gasteiger partial charge is 0.387 e. The molecule has 1 N–H and O–H groups in total. The van der Waals surface area contributed by atoms with Crippen LogP contribution in [-0.4, -0.2) is 36.5 Å². The van der Waals surface area contributed by atoms with Gasteiger partial charge in [-0.25, -0.2) is 8.42 Å². The lowest BCUT2D eigenvalue weighted by Crippen LogP contribution is -2.64. The number of β-amino-alcohol motifs (C(OH)–C–C–N with tert-alkyl or cyclic N) is 1. The third-order valence-electron chi connectivity index (χ3n) is 3.62. The van der Waals surface area contributed by atoms with E-state index in [0.29, 0.717) is 10.8 Å². The fourth-order valence-electron chi connectivity index (χ4n) is 2.35. The topological polar surface area (TPSA) is 57.6 Å². The molecule has 0 amide bonds. The third kappa shape index (κ3) is 1.78. The van der Waals surface area contributed by atoms with Crippen molar-refractivity contribution in [3.05, 3.63) is 30.3 Å². The van der Waals surface area contributed by atoms with Crippen molar-refractivity contribution in [2.45, 2.75) is 23.3 Å². The highest BCUT2D eigenvalue weighted by molar-refractivity contribution is 7.89. The predicted octanol–water partition coefficient (Wildman–Crippen LogP) is 0.832. The molecule has 3 rings (SSSR count). The monoisotopic (exact) mass is 253 g/mol. The molecule has 0 unspecified atom stereocenters. The van der Waals surface area contributed by atoms with Gasteiger partial charge < -0.3 is 5.11 Å². The lowest BCUT2D eigenvalue weighted by molar-refractivity contribution is -0.0764. The van der Waals surface area contributed by atoms with Crippen molar-refractivity contribution < 1.29 is 13.5 Å². The van der Waals surface area contributed by atoms with E-state index in [1.165, 1.54) is 4.31 Å². The van der Waals surface area contributed by atoms with Gasteiger partial charge in [0.1, 0.15) is 0 Å². The maximum absolute atomic E-state index is 12.2. The van der Waals surface area contributed by atoms with E-state index in [1.807, 2.05) is 0 Å². The van der Waals surface area contributed by atoms with Crippen molar-refractivity contribution in [3.8, 4) is 0 Å². The van der Waals surface area contributed by atoms with E-state index >= 15 is 0 Å². The van der Waals surface area contributed by atoms with Crippen molar-refractivity contribution in [1.29, 1.82) is 0 Å². The highest BCUT2D eigenvalue weighted by Gasteiger charge is 2.55. The summed E-state index contributed by atoms with van der Waals surface area (Å²) in [6.45, 7) is 0.490. The van der Waals surface area contributed by atoms with Gasteiger partial charge in [0.25, 0.3) is 0 Å². The molecule has 2 aliphatic rings. The zero-order chi connectivity index (χ0) is 12.1. The number of rotatable bonds is 3. The van der Waals surface area contributed by atoms with Gasteiger partial charge in [0, 0.05) is 13.1 Å². The summed E-state index contributed by atoms with van der Waals surface area (Å²) in [5.74, 6) is 0.310. The molecule has 1 aromatic rings. The maximum atomic E-state index is 12.2. The first-order valence-electron chi connectivity index (χ1n) is 5.80. The zero-order valence-corrected chi connectivity index (χ0v) is 10.2. The molecule has 2 fully saturated rings. The number of hydrogen-bond donors (Lipinski definition) is 1. The van der Waals surface area contributed by atoms with E-state index in [0.717, 1.165) is 12.8 Å². The first kappa shape index (κ1) is 11.2. The Kier molecular flexibility index (Phi) is 2.33. The molecule has 1 saturated heterocycles. The van der Waals surface area contributed by atoms with Crippen LogP contribution in [0.3, 0.4) is 0 Å². The summed E-state index contributed by atoms with van der Waals surface area (Å²) in [7, 11) is -3.41. The fourth-order valence-corrected chi connectivity index (χ4v) is 3.94. The van der Waals surface area contributed by atoms with Crippen LogP contribution in [-0.2, 0) is 10.0 Å². The van der Waals surface area contributed by atoms with Crippen LogP contribution < -0.4 is 0 Å². The van der Waals surface area contributed by atoms with Gasteiger partial charge in [0.15, 0.2) is 0 Å². The van der Waals surface area contributed by atoms with E-state index in [2.05, 4.69) is 0 Å². The van der Waals surface area contributed by atoms with Gasteiger partial charge in [-0.15, -0.1) is 0 Å². The minimum atomic E-state index is -3.41. The summed E-state index contributed by atoms with van der Waals surface area (Å²) >= 11 is 0. The second kappa shape index (κ2) is 3.54. The Morgan fingerprint density at radius 1 is 1.18 bits per heavy atom. The molecule has 1 heterocycles. The smallest absolute Gasteiger partial charge is 0.243 e. The van der Waals surface area contributed by atoms with Gasteiger partial charge >= 0.3 is 0 Å². The predicted molar refractivity (Wildman–Crippen MR) is 62.9 cm³/mol. The summed E-state index contributed by atoms with van der Waals surface area (Å²) in [4.78, 5) is 0.304. The summed E-state index contributed by atoms with van der Waals surface area (Å²) in [5, 5.41) is 10.1. The van der Waals surface area contributed by atoms with Gasteiger partial charge in [-0.2, -0.15) is 4.31 Å². The molecule has 0 radical (unpaired) electrons.